The number of H-pyrrole nitrogens is 1. The van der Waals surface area contributed by atoms with Crippen molar-refractivity contribution in [3.05, 3.63) is 41.2 Å². The quantitative estimate of drug-likeness (QED) is 0.564. The van der Waals surface area contributed by atoms with Crippen molar-refractivity contribution in [1.82, 2.24) is 19.9 Å². The minimum absolute atomic E-state index is 0.0443. The third kappa shape index (κ3) is 3.69. The van der Waals surface area contributed by atoms with E-state index in [1.54, 1.807) is 18.5 Å². The van der Waals surface area contributed by atoms with Gasteiger partial charge in [-0.15, -0.1) is 0 Å². The lowest BCUT2D eigenvalue weighted by Crippen LogP contribution is -2.45. The van der Waals surface area contributed by atoms with Crippen LogP contribution in [0, 0.1) is 29.5 Å². The number of carbonyl (C=O) groups excluding carboxylic acids is 1. The fraction of sp³-hybridized carbons (Fsp3) is 0.478. The molecule has 6 nitrogen and oxygen atoms in total. The predicted molar refractivity (Wildman–Crippen MR) is 115 cm³/mol. The molecule has 3 aromatic heterocycles. The van der Waals surface area contributed by atoms with Crippen LogP contribution in [0.2, 0.25) is 5.02 Å². The molecule has 0 unspecified atom stereocenters. The van der Waals surface area contributed by atoms with Crippen LogP contribution in [-0.4, -0.2) is 32.5 Å². The van der Waals surface area contributed by atoms with Gasteiger partial charge in [0.1, 0.15) is 5.65 Å². The molecule has 3 aromatic rings. The van der Waals surface area contributed by atoms with E-state index in [9.17, 15) is 9.18 Å². The number of ether oxygens (including phenoxy) is 1. The Labute approximate surface area is 184 Å². The number of esters is 1. The fourth-order valence-corrected chi connectivity index (χ4v) is 5.69. The average Bonchev–Trinajstić information content (AvgIpc) is 3.19. The second-order valence-corrected chi connectivity index (χ2v) is 9.00. The number of carbonyl (C=O) groups is 1. The second-order valence-electron chi connectivity index (χ2n) is 8.56. The third-order valence-electron chi connectivity index (χ3n) is 6.93. The highest BCUT2D eigenvalue weighted by molar-refractivity contribution is 6.31. The Morgan fingerprint density at radius 2 is 2.00 bits per heavy atom. The van der Waals surface area contributed by atoms with E-state index in [0.717, 1.165) is 36.6 Å². The van der Waals surface area contributed by atoms with E-state index < -0.39 is 5.82 Å². The Kier molecular flexibility index (Phi) is 5.38. The van der Waals surface area contributed by atoms with Gasteiger partial charge in [0, 0.05) is 23.3 Å². The molecule has 3 aliphatic carbocycles. The van der Waals surface area contributed by atoms with Gasteiger partial charge in [-0.3, -0.25) is 4.79 Å². The molecule has 3 aliphatic rings. The normalized spacial score (nSPS) is 25.1. The van der Waals surface area contributed by atoms with Crippen LogP contribution in [0.25, 0.3) is 22.4 Å². The molecule has 3 heterocycles. The van der Waals surface area contributed by atoms with Crippen molar-refractivity contribution in [2.24, 2.45) is 23.7 Å². The second kappa shape index (κ2) is 8.19. The van der Waals surface area contributed by atoms with Crippen LogP contribution in [0.5, 0.6) is 0 Å². The van der Waals surface area contributed by atoms with E-state index >= 15 is 0 Å². The fourth-order valence-electron chi connectivity index (χ4n) is 5.54. The van der Waals surface area contributed by atoms with Gasteiger partial charge in [-0.1, -0.05) is 11.6 Å². The van der Waals surface area contributed by atoms with Crippen molar-refractivity contribution in [1.29, 1.82) is 0 Å². The van der Waals surface area contributed by atoms with E-state index in [-0.39, 0.29) is 17.8 Å². The largest absolute Gasteiger partial charge is 0.466 e. The standard InChI is InChI=1S/C23H24ClFN4O2/c1-2-31-23(30)20-13-5-3-12(4-6-13)15(20)8-19-18(25)11-28-22(29-19)17-10-27-21-16(17)7-14(24)9-26-21/h7,9-13,15,20H,2-6,8H2,1H3,(H,26,27)/t12?,13?,15-,20-/m0/s1. The van der Waals surface area contributed by atoms with E-state index in [4.69, 9.17) is 16.3 Å². The zero-order valence-corrected chi connectivity index (χ0v) is 18.0. The summed E-state index contributed by atoms with van der Waals surface area (Å²) in [6, 6.07) is 1.79. The molecule has 6 rings (SSSR count). The van der Waals surface area contributed by atoms with Crippen LogP contribution in [0.1, 0.15) is 38.3 Å². The number of rotatable bonds is 5. The van der Waals surface area contributed by atoms with Crippen LogP contribution in [0.15, 0.2) is 24.7 Å². The van der Waals surface area contributed by atoms with Gasteiger partial charge >= 0.3 is 5.97 Å². The average molecular weight is 443 g/mol. The summed E-state index contributed by atoms with van der Waals surface area (Å²) in [6.07, 6.45) is 9.21. The number of fused-ring (bicyclic) bond motifs is 4. The van der Waals surface area contributed by atoms with Crippen molar-refractivity contribution in [2.45, 2.75) is 39.0 Å². The molecule has 0 radical (unpaired) electrons. The Bertz CT molecular complexity index is 1130. The van der Waals surface area contributed by atoms with Gasteiger partial charge < -0.3 is 9.72 Å². The Morgan fingerprint density at radius 3 is 2.77 bits per heavy atom. The van der Waals surface area contributed by atoms with Crippen LogP contribution in [0.4, 0.5) is 4.39 Å². The molecular weight excluding hydrogens is 419 g/mol. The summed E-state index contributed by atoms with van der Waals surface area (Å²) in [5.41, 5.74) is 1.74. The Hall–Kier alpha value is -2.54. The van der Waals surface area contributed by atoms with Crippen molar-refractivity contribution in [3.63, 3.8) is 0 Å². The van der Waals surface area contributed by atoms with Crippen molar-refractivity contribution in [3.8, 4) is 11.4 Å². The lowest BCUT2D eigenvalue weighted by atomic mass is 9.57. The van der Waals surface area contributed by atoms with Crippen molar-refractivity contribution >= 4 is 28.6 Å². The van der Waals surface area contributed by atoms with Gasteiger partial charge in [0.05, 0.1) is 29.4 Å². The summed E-state index contributed by atoms with van der Waals surface area (Å²) in [5, 5.41) is 1.29. The first kappa shape index (κ1) is 20.4. The zero-order valence-electron chi connectivity index (χ0n) is 17.3. The highest BCUT2D eigenvalue weighted by Gasteiger charge is 2.48. The molecule has 162 valence electrons. The summed E-state index contributed by atoms with van der Waals surface area (Å²) in [7, 11) is 0. The highest BCUT2D eigenvalue weighted by atomic mass is 35.5. The molecule has 3 saturated carbocycles. The van der Waals surface area contributed by atoms with Crippen molar-refractivity contribution < 1.29 is 13.9 Å². The summed E-state index contributed by atoms with van der Waals surface area (Å²) >= 11 is 6.11. The van der Waals surface area contributed by atoms with Gasteiger partial charge in [-0.25, -0.2) is 19.3 Å². The maximum atomic E-state index is 14.8. The van der Waals surface area contributed by atoms with Gasteiger partial charge in [0.25, 0.3) is 0 Å². The SMILES string of the molecule is CCOC(=O)[C@H]1C2CCC(CC2)[C@@H]1Cc1nc(-c2c[nH]c3ncc(Cl)cc23)ncc1F. The number of aromatic amines is 1. The van der Waals surface area contributed by atoms with Crippen LogP contribution in [-0.2, 0) is 16.0 Å². The number of nitrogens with zero attached hydrogens (tertiary/aromatic N) is 3. The topological polar surface area (TPSA) is 80.8 Å². The van der Waals surface area contributed by atoms with Gasteiger partial charge in [-0.05, 0) is 62.8 Å². The lowest BCUT2D eigenvalue weighted by molar-refractivity contribution is -0.158. The first-order chi connectivity index (χ1) is 15.0. The number of pyridine rings is 1. The first-order valence-electron chi connectivity index (χ1n) is 10.9. The third-order valence-corrected chi connectivity index (χ3v) is 7.14. The number of hydrogen-bond donors (Lipinski definition) is 1. The molecule has 31 heavy (non-hydrogen) atoms. The molecule has 0 aromatic carbocycles. The lowest BCUT2D eigenvalue weighted by Gasteiger charge is -2.47. The van der Waals surface area contributed by atoms with Crippen LogP contribution >= 0.6 is 11.6 Å². The smallest absolute Gasteiger partial charge is 0.309 e. The summed E-state index contributed by atoms with van der Waals surface area (Å²) in [6.45, 7) is 2.19. The predicted octanol–water partition coefficient (Wildman–Crippen LogP) is 4.97. The van der Waals surface area contributed by atoms with Crippen molar-refractivity contribution in [2.75, 3.05) is 6.61 Å². The molecular formula is C23H24ClFN4O2. The monoisotopic (exact) mass is 442 g/mol. The first-order valence-corrected chi connectivity index (χ1v) is 11.2. The summed E-state index contributed by atoms with van der Waals surface area (Å²) in [5.74, 6) is 0.413. The van der Waals surface area contributed by atoms with E-state index in [0.29, 0.717) is 47.1 Å². The van der Waals surface area contributed by atoms with Gasteiger partial charge in [0.2, 0.25) is 0 Å². The summed E-state index contributed by atoms with van der Waals surface area (Å²) < 4.78 is 20.2. The number of hydrogen-bond acceptors (Lipinski definition) is 5. The number of halogens is 2. The van der Waals surface area contributed by atoms with E-state index in [1.807, 2.05) is 6.92 Å². The summed E-state index contributed by atoms with van der Waals surface area (Å²) in [4.78, 5) is 28.9. The van der Waals surface area contributed by atoms with Gasteiger partial charge in [0.15, 0.2) is 11.6 Å². The Balaban J connectivity index is 1.49. The van der Waals surface area contributed by atoms with Crippen LogP contribution in [0.3, 0.4) is 0 Å². The number of nitrogens with one attached hydrogen (secondary N) is 1. The molecule has 0 spiro atoms. The molecule has 0 saturated heterocycles. The van der Waals surface area contributed by atoms with Crippen LogP contribution < -0.4 is 0 Å². The minimum Gasteiger partial charge on any atom is -0.466 e. The number of aromatic nitrogens is 4. The molecule has 0 aliphatic heterocycles. The molecule has 0 amide bonds. The Morgan fingerprint density at radius 1 is 1.23 bits per heavy atom. The molecule has 2 atom stereocenters. The van der Waals surface area contributed by atoms with E-state index in [1.165, 1.54) is 6.20 Å². The molecule has 2 bridgehead atoms. The zero-order chi connectivity index (χ0) is 21.5. The highest BCUT2D eigenvalue weighted by Crippen LogP contribution is 2.50. The molecule has 8 heteroatoms. The van der Waals surface area contributed by atoms with Gasteiger partial charge in [-0.2, -0.15) is 0 Å². The van der Waals surface area contributed by atoms with E-state index in [2.05, 4.69) is 19.9 Å². The maximum absolute atomic E-state index is 14.8. The minimum atomic E-state index is -0.441. The molecule has 3 fully saturated rings. The molecule has 1 N–H and O–H groups in total. The maximum Gasteiger partial charge on any atom is 0.309 e.